The average Bonchev–Trinajstić information content (AvgIpc) is 3.09. The molecule has 0 aliphatic carbocycles. The first-order valence-electron chi connectivity index (χ1n) is 7.61. The van der Waals surface area contributed by atoms with E-state index in [2.05, 4.69) is 5.32 Å². The van der Waals surface area contributed by atoms with Gasteiger partial charge in [-0.3, -0.25) is 0 Å². The van der Waals surface area contributed by atoms with Gasteiger partial charge in [0.1, 0.15) is 24.2 Å². The maximum atomic E-state index is 10.4. The number of carboxylic acids is 1. The molecule has 0 fully saturated rings. The highest BCUT2D eigenvalue weighted by Crippen LogP contribution is 2.14. The van der Waals surface area contributed by atoms with Crippen molar-refractivity contribution in [2.24, 2.45) is 0 Å². The second kappa shape index (κ2) is 9.92. The van der Waals surface area contributed by atoms with Crippen LogP contribution in [0, 0.1) is 0 Å². The summed E-state index contributed by atoms with van der Waals surface area (Å²) in [5, 5.41) is 25.4. The largest absolute Gasteiger partial charge is 0.490 e. The van der Waals surface area contributed by atoms with Crippen LogP contribution in [0.15, 0.2) is 41.1 Å². The van der Waals surface area contributed by atoms with Gasteiger partial charge in [0.2, 0.25) is 0 Å². The van der Waals surface area contributed by atoms with Crippen LogP contribution in [0.2, 0.25) is 0 Å². The third kappa shape index (κ3) is 6.99. The first-order chi connectivity index (χ1) is 11.6. The Labute approximate surface area is 144 Å². The monoisotopic (exact) mass is 351 g/mol. The molecule has 0 aliphatic heterocycles. The maximum absolute atomic E-state index is 10.4. The molecular formula is C17H21NO5S. The van der Waals surface area contributed by atoms with Crippen LogP contribution in [0.4, 0.5) is 0 Å². The Bertz CT molecular complexity index is 600. The summed E-state index contributed by atoms with van der Waals surface area (Å²) < 4.78 is 10.5. The van der Waals surface area contributed by atoms with Crippen LogP contribution >= 0.6 is 11.3 Å². The van der Waals surface area contributed by atoms with Crippen LogP contribution in [-0.2, 0) is 11.2 Å². The van der Waals surface area contributed by atoms with Gasteiger partial charge in [-0.15, -0.1) is 11.3 Å². The number of rotatable bonds is 11. The number of aliphatic hydroxyl groups is 1. The van der Waals surface area contributed by atoms with Crippen LogP contribution in [0.5, 0.6) is 11.5 Å². The van der Waals surface area contributed by atoms with Crippen LogP contribution in [0.1, 0.15) is 5.56 Å². The molecule has 0 radical (unpaired) electrons. The Balaban J connectivity index is 1.58. The fourth-order valence-electron chi connectivity index (χ4n) is 1.98. The van der Waals surface area contributed by atoms with Crippen molar-refractivity contribution in [3.8, 4) is 11.5 Å². The Morgan fingerprint density at radius 2 is 1.96 bits per heavy atom. The molecule has 0 bridgehead atoms. The van der Waals surface area contributed by atoms with Gasteiger partial charge in [-0.05, 0) is 42.1 Å². The summed E-state index contributed by atoms with van der Waals surface area (Å²) in [5.41, 5.74) is 1.11. The predicted octanol–water partition coefficient (Wildman–Crippen LogP) is 1.78. The first kappa shape index (κ1) is 18.3. The van der Waals surface area contributed by atoms with Crippen molar-refractivity contribution < 1.29 is 24.5 Å². The van der Waals surface area contributed by atoms with E-state index in [-0.39, 0.29) is 13.2 Å². The fraction of sp³-hybridized carbons (Fsp3) is 0.353. The molecule has 3 N–H and O–H groups in total. The third-order valence-corrected chi connectivity index (χ3v) is 3.86. The highest BCUT2D eigenvalue weighted by Gasteiger charge is 2.05. The molecule has 24 heavy (non-hydrogen) atoms. The molecule has 2 rings (SSSR count). The maximum Gasteiger partial charge on any atom is 0.341 e. The SMILES string of the molecule is O=C(O)COc1ccc(CCNC[C@H](O)COc2ccsc2)cc1. The number of aliphatic hydroxyl groups excluding tert-OH is 1. The Morgan fingerprint density at radius 1 is 1.17 bits per heavy atom. The molecule has 130 valence electrons. The van der Waals surface area contributed by atoms with Crippen molar-refractivity contribution in [3.05, 3.63) is 46.7 Å². The molecule has 6 nitrogen and oxygen atoms in total. The molecule has 0 saturated carbocycles. The minimum atomic E-state index is -0.996. The van der Waals surface area contributed by atoms with E-state index in [0.29, 0.717) is 12.3 Å². The van der Waals surface area contributed by atoms with E-state index in [0.717, 1.165) is 24.3 Å². The number of benzene rings is 1. The highest BCUT2D eigenvalue weighted by molar-refractivity contribution is 7.08. The molecule has 1 aromatic heterocycles. The smallest absolute Gasteiger partial charge is 0.341 e. The molecule has 0 saturated heterocycles. The summed E-state index contributed by atoms with van der Waals surface area (Å²) in [7, 11) is 0. The van der Waals surface area contributed by atoms with Crippen molar-refractivity contribution in [2.45, 2.75) is 12.5 Å². The first-order valence-corrected chi connectivity index (χ1v) is 8.55. The number of nitrogens with one attached hydrogen (secondary N) is 1. The predicted molar refractivity (Wildman–Crippen MR) is 92.0 cm³/mol. The van der Waals surface area contributed by atoms with Crippen LogP contribution in [0.25, 0.3) is 0 Å². The van der Waals surface area contributed by atoms with E-state index in [4.69, 9.17) is 14.6 Å². The lowest BCUT2D eigenvalue weighted by molar-refractivity contribution is -0.139. The molecule has 0 amide bonds. The summed E-state index contributed by atoms with van der Waals surface area (Å²) in [6, 6.07) is 9.17. The van der Waals surface area contributed by atoms with Crippen molar-refractivity contribution in [1.82, 2.24) is 5.32 Å². The van der Waals surface area contributed by atoms with Crippen molar-refractivity contribution in [3.63, 3.8) is 0 Å². The fourth-order valence-corrected chi connectivity index (χ4v) is 2.56. The van der Waals surface area contributed by atoms with Crippen molar-refractivity contribution >= 4 is 17.3 Å². The zero-order chi connectivity index (χ0) is 17.2. The Hall–Kier alpha value is -2.09. The molecule has 0 unspecified atom stereocenters. The van der Waals surface area contributed by atoms with Crippen molar-refractivity contribution in [2.75, 3.05) is 26.3 Å². The second-order valence-corrected chi connectivity index (χ2v) is 5.98. The lowest BCUT2D eigenvalue weighted by Gasteiger charge is -2.12. The number of thiophene rings is 1. The van der Waals surface area contributed by atoms with Crippen LogP contribution in [-0.4, -0.2) is 48.6 Å². The zero-order valence-electron chi connectivity index (χ0n) is 13.2. The molecule has 1 heterocycles. The minimum absolute atomic E-state index is 0.263. The number of carboxylic acid groups (broad SMARTS) is 1. The average molecular weight is 351 g/mol. The molecule has 2 aromatic rings. The van der Waals surface area contributed by atoms with Gasteiger partial charge >= 0.3 is 5.97 Å². The molecule has 1 atom stereocenters. The minimum Gasteiger partial charge on any atom is -0.490 e. The van der Waals surface area contributed by atoms with Gasteiger partial charge in [0.25, 0.3) is 0 Å². The van der Waals surface area contributed by atoms with Crippen LogP contribution < -0.4 is 14.8 Å². The molecule has 0 aliphatic rings. The van der Waals surface area contributed by atoms with Gasteiger partial charge in [-0.1, -0.05) is 12.1 Å². The molecule has 0 spiro atoms. The van der Waals surface area contributed by atoms with E-state index in [9.17, 15) is 9.90 Å². The van der Waals surface area contributed by atoms with E-state index in [1.807, 2.05) is 29.0 Å². The Kier molecular flexibility index (Phi) is 7.54. The summed E-state index contributed by atoms with van der Waals surface area (Å²) in [6.07, 6.45) is 0.244. The zero-order valence-corrected chi connectivity index (χ0v) is 14.0. The quantitative estimate of drug-likeness (QED) is 0.535. The van der Waals surface area contributed by atoms with Gasteiger partial charge in [0.15, 0.2) is 6.61 Å². The van der Waals surface area contributed by atoms with E-state index in [1.165, 1.54) is 0 Å². The number of aliphatic carboxylic acids is 1. The van der Waals surface area contributed by atoms with E-state index < -0.39 is 12.1 Å². The summed E-state index contributed by atoms with van der Waals surface area (Å²) in [6.45, 7) is 1.11. The van der Waals surface area contributed by atoms with Gasteiger partial charge in [-0.2, -0.15) is 0 Å². The topological polar surface area (TPSA) is 88.0 Å². The van der Waals surface area contributed by atoms with E-state index in [1.54, 1.807) is 23.5 Å². The Morgan fingerprint density at radius 3 is 2.62 bits per heavy atom. The van der Waals surface area contributed by atoms with Gasteiger partial charge in [0.05, 0.1) is 0 Å². The lowest BCUT2D eigenvalue weighted by atomic mass is 10.1. The summed E-state index contributed by atoms with van der Waals surface area (Å²) >= 11 is 1.56. The normalized spacial score (nSPS) is 11.9. The summed E-state index contributed by atoms with van der Waals surface area (Å²) in [5.74, 6) is 0.323. The number of hydrogen-bond acceptors (Lipinski definition) is 6. The lowest BCUT2D eigenvalue weighted by Crippen LogP contribution is -2.32. The number of hydrogen-bond donors (Lipinski definition) is 3. The van der Waals surface area contributed by atoms with Gasteiger partial charge in [0, 0.05) is 11.9 Å². The summed E-state index contributed by atoms with van der Waals surface area (Å²) in [4.78, 5) is 10.4. The molecule has 7 heteroatoms. The van der Waals surface area contributed by atoms with Gasteiger partial charge in [-0.25, -0.2) is 4.79 Å². The third-order valence-electron chi connectivity index (χ3n) is 3.19. The number of ether oxygens (including phenoxy) is 2. The molecular weight excluding hydrogens is 330 g/mol. The van der Waals surface area contributed by atoms with Gasteiger partial charge < -0.3 is 25.0 Å². The number of carbonyl (C=O) groups is 1. The standard InChI is InChI=1S/C17H21NO5S/c19-14(10-22-16-6-8-24-12-16)9-18-7-5-13-1-3-15(4-2-13)23-11-17(20)21/h1-4,6,8,12,14,18-19H,5,7,9-11H2,(H,20,21)/t14-/m0/s1. The highest BCUT2D eigenvalue weighted by atomic mass is 32.1. The van der Waals surface area contributed by atoms with E-state index >= 15 is 0 Å². The van der Waals surface area contributed by atoms with Crippen molar-refractivity contribution in [1.29, 1.82) is 0 Å². The second-order valence-electron chi connectivity index (χ2n) is 5.20. The molecule has 1 aromatic carbocycles. The van der Waals surface area contributed by atoms with Crippen LogP contribution in [0.3, 0.4) is 0 Å².